The Hall–Kier alpha value is -2.82. The van der Waals surface area contributed by atoms with Crippen molar-refractivity contribution in [1.82, 2.24) is 0 Å². The molecular weight excluding hydrogens is 268 g/mol. The molecule has 0 aromatic heterocycles. The van der Waals surface area contributed by atoms with Crippen LogP contribution in [0.5, 0.6) is 5.75 Å². The molecule has 0 aliphatic heterocycles. The average Bonchev–Trinajstić information content (AvgIpc) is 2.49. The predicted octanol–water partition coefficient (Wildman–Crippen LogP) is 3.23. The van der Waals surface area contributed by atoms with Crippen LogP contribution in [0.3, 0.4) is 0 Å². The second-order valence-corrected chi connectivity index (χ2v) is 4.23. The van der Waals surface area contributed by atoms with Gasteiger partial charge in [-0.15, -0.1) is 0 Å². The van der Waals surface area contributed by atoms with E-state index in [1.54, 1.807) is 18.3 Å². The van der Waals surface area contributed by atoms with Gasteiger partial charge in [-0.05, 0) is 37.3 Å². The van der Waals surface area contributed by atoms with E-state index in [9.17, 15) is 4.79 Å². The van der Waals surface area contributed by atoms with Crippen LogP contribution in [0.25, 0.3) is 0 Å². The molecule has 0 saturated heterocycles. The molecule has 0 heterocycles. The molecule has 0 fully saturated rings. The Labute approximate surface area is 122 Å². The van der Waals surface area contributed by atoms with Crippen molar-refractivity contribution in [3.8, 4) is 5.75 Å². The van der Waals surface area contributed by atoms with Crippen molar-refractivity contribution in [3.05, 3.63) is 59.7 Å². The monoisotopic (exact) mass is 284 g/mol. The van der Waals surface area contributed by atoms with Crippen molar-refractivity contribution in [2.45, 2.75) is 6.92 Å². The van der Waals surface area contributed by atoms with Crippen LogP contribution >= 0.6 is 0 Å². The maximum absolute atomic E-state index is 10.9. The molecular formula is C16H16N2O3. The number of hydrogen-bond donors (Lipinski definition) is 2. The van der Waals surface area contributed by atoms with Gasteiger partial charge in [0, 0.05) is 5.56 Å². The van der Waals surface area contributed by atoms with E-state index < -0.39 is 5.97 Å². The number of nitrogens with zero attached hydrogens (tertiary/aromatic N) is 1. The molecule has 2 rings (SSSR count). The Morgan fingerprint density at radius 2 is 2.10 bits per heavy atom. The van der Waals surface area contributed by atoms with Crippen LogP contribution < -0.4 is 10.2 Å². The summed E-state index contributed by atoms with van der Waals surface area (Å²) in [6.45, 7) is 2.50. The van der Waals surface area contributed by atoms with Gasteiger partial charge >= 0.3 is 5.97 Å². The van der Waals surface area contributed by atoms with Gasteiger partial charge in [0.1, 0.15) is 5.75 Å². The molecule has 108 valence electrons. The van der Waals surface area contributed by atoms with Gasteiger partial charge in [-0.1, -0.05) is 18.2 Å². The Morgan fingerprint density at radius 1 is 1.29 bits per heavy atom. The average molecular weight is 284 g/mol. The van der Waals surface area contributed by atoms with Crippen LogP contribution in [0, 0.1) is 0 Å². The SMILES string of the molecule is CCOc1ccccc1/C=N\Nc1cccc(C(=O)O)c1. The largest absolute Gasteiger partial charge is 0.493 e. The van der Waals surface area contributed by atoms with Gasteiger partial charge in [0.15, 0.2) is 0 Å². The molecule has 0 saturated carbocycles. The molecule has 0 radical (unpaired) electrons. The minimum absolute atomic E-state index is 0.213. The summed E-state index contributed by atoms with van der Waals surface area (Å²) >= 11 is 0. The van der Waals surface area contributed by atoms with Crippen LogP contribution in [-0.4, -0.2) is 23.9 Å². The second kappa shape index (κ2) is 7.09. The normalized spacial score (nSPS) is 10.5. The number of nitrogens with one attached hydrogen (secondary N) is 1. The van der Waals surface area contributed by atoms with E-state index in [1.807, 2.05) is 31.2 Å². The molecule has 0 aliphatic rings. The van der Waals surface area contributed by atoms with E-state index in [4.69, 9.17) is 9.84 Å². The van der Waals surface area contributed by atoms with Crippen LogP contribution in [0.4, 0.5) is 5.69 Å². The van der Waals surface area contributed by atoms with Crippen LogP contribution in [-0.2, 0) is 0 Å². The van der Waals surface area contributed by atoms with Crippen molar-refractivity contribution < 1.29 is 14.6 Å². The zero-order chi connectivity index (χ0) is 15.1. The summed E-state index contributed by atoms with van der Waals surface area (Å²) in [5.74, 6) is -0.214. The number of aromatic carboxylic acids is 1. The first-order valence-electron chi connectivity index (χ1n) is 6.55. The third-order valence-electron chi connectivity index (χ3n) is 2.73. The number of ether oxygens (including phenoxy) is 1. The molecule has 0 spiro atoms. The summed E-state index contributed by atoms with van der Waals surface area (Å²) in [6.07, 6.45) is 1.64. The number of carboxylic acids is 1. The number of carboxylic acid groups (broad SMARTS) is 1. The first-order valence-corrected chi connectivity index (χ1v) is 6.55. The van der Waals surface area contributed by atoms with Gasteiger partial charge in [0.05, 0.1) is 24.1 Å². The highest BCUT2D eigenvalue weighted by atomic mass is 16.5. The first kappa shape index (κ1) is 14.6. The van der Waals surface area contributed by atoms with Crippen molar-refractivity contribution in [2.24, 2.45) is 5.10 Å². The van der Waals surface area contributed by atoms with Crippen LogP contribution in [0.2, 0.25) is 0 Å². The van der Waals surface area contributed by atoms with Gasteiger partial charge in [-0.2, -0.15) is 5.10 Å². The molecule has 21 heavy (non-hydrogen) atoms. The molecule has 2 aromatic carbocycles. The highest BCUT2D eigenvalue weighted by Crippen LogP contribution is 2.16. The van der Waals surface area contributed by atoms with E-state index in [0.717, 1.165) is 11.3 Å². The maximum atomic E-state index is 10.9. The van der Waals surface area contributed by atoms with Gasteiger partial charge in [-0.3, -0.25) is 5.43 Å². The third kappa shape index (κ3) is 4.07. The predicted molar refractivity (Wildman–Crippen MR) is 82.2 cm³/mol. The van der Waals surface area contributed by atoms with Crippen molar-refractivity contribution in [3.63, 3.8) is 0 Å². The molecule has 5 nitrogen and oxygen atoms in total. The summed E-state index contributed by atoms with van der Waals surface area (Å²) in [7, 11) is 0. The Bertz CT molecular complexity index is 653. The lowest BCUT2D eigenvalue weighted by Gasteiger charge is -2.06. The van der Waals surface area contributed by atoms with Crippen molar-refractivity contribution >= 4 is 17.9 Å². The summed E-state index contributed by atoms with van der Waals surface area (Å²) in [4.78, 5) is 10.9. The van der Waals surface area contributed by atoms with Crippen molar-refractivity contribution in [2.75, 3.05) is 12.0 Å². The number of para-hydroxylation sites is 1. The molecule has 0 aliphatic carbocycles. The van der Waals surface area contributed by atoms with Crippen LogP contribution in [0.1, 0.15) is 22.8 Å². The molecule has 0 bridgehead atoms. The zero-order valence-electron chi connectivity index (χ0n) is 11.6. The highest BCUT2D eigenvalue weighted by Gasteiger charge is 2.02. The van der Waals surface area contributed by atoms with E-state index in [2.05, 4.69) is 10.5 Å². The maximum Gasteiger partial charge on any atom is 0.335 e. The fourth-order valence-electron chi connectivity index (χ4n) is 1.77. The van der Waals surface area contributed by atoms with E-state index >= 15 is 0 Å². The standard InChI is InChI=1S/C16H16N2O3/c1-2-21-15-9-4-3-6-13(15)11-17-18-14-8-5-7-12(10-14)16(19)20/h3-11,18H,2H2,1H3,(H,19,20)/b17-11-. The summed E-state index contributed by atoms with van der Waals surface area (Å²) < 4.78 is 5.49. The Kier molecular flexibility index (Phi) is 4.93. The lowest BCUT2D eigenvalue weighted by atomic mass is 10.2. The van der Waals surface area contributed by atoms with Crippen LogP contribution in [0.15, 0.2) is 53.6 Å². The van der Waals surface area contributed by atoms with Gasteiger partial charge in [-0.25, -0.2) is 4.79 Å². The third-order valence-corrected chi connectivity index (χ3v) is 2.73. The summed E-state index contributed by atoms with van der Waals surface area (Å²) in [5, 5.41) is 13.0. The number of rotatable bonds is 6. The lowest BCUT2D eigenvalue weighted by molar-refractivity contribution is 0.0697. The minimum Gasteiger partial charge on any atom is -0.493 e. The number of carbonyl (C=O) groups is 1. The molecule has 0 unspecified atom stereocenters. The number of hydrazone groups is 1. The van der Waals surface area contributed by atoms with E-state index in [0.29, 0.717) is 12.3 Å². The molecule has 2 aromatic rings. The highest BCUT2D eigenvalue weighted by molar-refractivity contribution is 5.89. The number of hydrogen-bond acceptors (Lipinski definition) is 4. The number of benzene rings is 2. The number of anilines is 1. The van der Waals surface area contributed by atoms with E-state index in [-0.39, 0.29) is 5.56 Å². The Balaban J connectivity index is 2.09. The fourth-order valence-corrected chi connectivity index (χ4v) is 1.77. The fraction of sp³-hybridized carbons (Fsp3) is 0.125. The molecule has 2 N–H and O–H groups in total. The Morgan fingerprint density at radius 3 is 2.86 bits per heavy atom. The summed E-state index contributed by atoms with van der Waals surface area (Å²) in [5.41, 5.74) is 4.48. The molecule has 0 amide bonds. The lowest BCUT2D eigenvalue weighted by Crippen LogP contribution is -1.99. The first-order chi connectivity index (χ1) is 10.2. The molecule has 0 atom stereocenters. The topological polar surface area (TPSA) is 70.9 Å². The smallest absolute Gasteiger partial charge is 0.335 e. The van der Waals surface area contributed by atoms with Gasteiger partial charge in [0.25, 0.3) is 0 Å². The van der Waals surface area contributed by atoms with Gasteiger partial charge < -0.3 is 9.84 Å². The van der Waals surface area contributed by atoms with Gasteiger partial charge in [0.2, 0.25) is 0 Å². The van der Waals surface area contributed by atoms with Crippen molar-refractivity contribution in [1.29, 1.82) is 0 Å². The zero-order valence-corrected chi connectivity index (χ0v) is 11.6. The second-order valence-electron chi connectivity index (χ2n) is 4.23. The van der Waals surface area contributed by atoms with E-state index in [1.165, 1.54) is 12.1 Å². The minimum atomic E-state index is -0.968. The molecule has 5 heteroatoms. The summed E-state index contributed by atoms with van der Waals surface area (Å²) in [6, 6.07) is 14.0. The quantitative estimate of drug-likeness (QED) is 0.631.